The second-order valence-electron chi connectivity index (χ2n) is 5.58. The van der Waals surface area contributed by atoms with Crippen molar-refractivity contribution in [1.82, 2.24) is 0 Å². The first-order valence-electron chi connectivity index (χ1n) is 7.79. The van der Waals surface area contributed by atoms with Crippen molar-refractivity contribution in [1.29, 1.82) is 0 Å². The standard InChI is InChI=1S/C19H14Br2N2O3S/c20-14-7-9-16(10-8-14)23-27(25,26)18-12-13(6-11-17(18)21)19(24)22-15-4-2-1-3-5-15/h1-12,23H,(H,22,24). The van der Waals surface area contributed by atoms with Crippen LogP contribution in [0, 0.1) is 0 Å². The number of carbonyl (C=O) groups is 1. The number of anilines is 2. The number of nitrogens with one attached hydrogen (secondary N) is 2. The number of hydrogen-bond acceptors (Lipinski definition) is 3. The molecule has 138 valence electrons. The molecule has 1 amide bonds. The number of halogens is 2. The fourth-order valence-electron chi connectivity index (χ4n) is 2.30. The number of benzene rings is 3. The largest absolute Gasteiger partial charge is 0.322 e. The third-order valence-corrected chi connectivity index (χ3v) is 6.51. The minimum atomic E-state index is -3.88. The van der Waals surface area contributed by atoms with E-state index in [1.807, 2.05) is 6.07 Å². The molecular formula is C19H14Br2N2O3S. The Morgan fingerprint density at radius 2 is 1.48 bits per heavy atom. The quantitative estimate of drug-likeness (QED) is 0.492. The molecule has 0 unspecified atom stereocenters. The zero-order chi connectivity index (χ0) is 19.4. The topological polar surface area (TPSA) is 75.3 Å². The zero-order valence-electron chi connectivity index (χ0n) is 13.8. The van der Waals surface area contributed by atoms with Gasteiger partial charge in [0.05, 0.1) is 0 Å². The number of sulfonamides is 1. The van der Waals surface area contributed by atoms with Gasteiger partial charge in [-0.1, -0.05) is 34.1 Å². The van der Waals surface area contributed by atoms with Gasteiger partial charge in [-0.3, -0.25) is 9.52 Å². The predicted molar refractivity (Wildman–Crippen MR) is 113 cm³/mol. The maximum absolute atomic E-state index is 12.8. The first-order valence-corrected chi connectivity index (χ1v) is 10.9. The van der Waals surface area contributed by atoms with Crippen molar-refractivity contribution >= 4 is 59.2 Å². The molecule has 0 aliphatic heterocycles. The highest BCUT2D eigenvalue weighted by Crippen LogP contribution is 2.26. The maximum Gasteiger partial charge on any atom is 0.263 e. The Morgan fingerprint density at radius 3 is 2.15 bits per heavy atom. The summed E-state index contributed by atoms with van der Waals surface area (Å²) in [5, 5.41) is 2.74. The van der Waals surface area contributed by atoms with Crippen LogP contribution >= 0.6 is 31.9 Å². The van der Waals surface area contributed by atoms with Crippen LogP contribution < -0.4 is 10.0 Å². The normalized spacial score (nSPS) is 11.0. The van der Waals surface area contributed by atoms with E-state index in [2.05, 4.69) is 41.9 Å². The van der Waals surface area contributed by atoms with E-state index in [0.717, 1.165) is 4.47 Å². The Balaban J connectivity index is 1.88. The summed E-state index contributed by atoms with van der Waals surface area (Å²) >= 11 is 6.55. The summed E-state index contributed by atoms with van der Waals surface area (Å²) in [5.74, 6) is -0.395. The van der Waals surface area contributed by atoms with Crippen LogP contribution in [-0.4, -0.2) is 14.3 Å². The van der Waals surface area contributed by atoms with Crippen molar-refractivity contribution in [2.45, 2.75) is 4.90 Å². The van der Waals surface area contributed by atoms with Gasteiger partial charge >= 0.3 is 0 Å². The Kier molecular flexibility index (Phi) is 5.98. The lowest BCUT2D eigenvalue weighted by Crippen LogP contribution is -2.16. The molecule has 0 saturated carbocycles. The number of rotatable bonds is 5. The summed E-state index contributed by atoms with van der Waals surface area (Å²) in [4.78, 5) is 12.4. The summed E-state index contributed by atoms with van der Waals surface area (Å²) in [6.45, 7) is 0. The molecule has 0 heterocycles. The van der Waals surface area contributed by atoms with Gasteiger partial charge in [0.15, 0.2) is 0 Å². The lowest BCUT2D eigenvalue weighted by atomic mass is 10.2. The SMILES string of the molecule is O=C(Nc1ccccc1)c1ccc(Br)c(S(=O)(=O)Nc2ccc(Br)cc2)c1. The van der Waals surface area contributed by atoms with Crippen LogP contribution in [0.4, 0.5) is 11.4 Å². The first-order chi connectivity index (χ1) is 12.8. The van der Waals surface area contributed by atoms with Crippen molar-refractivity contribution in [3.63, 3.8) is 0 Å². The monoisotopic (exact) mass is 508 g/mol. The van der Waals surface area contributed by atoms with E-state index in [1.165, 1.54) is 12.1 Å². The van der Waals surface area contributed by atoms with Crippen molar-refractivity contribution in [3.05, 3.63) is 87.3 Å². The number of carbonyl (C=O) groups excluding carboxylic acids is 1. The summed E-state index contributed by atoms with van der Waals surface area (Å²) in [5.41, 5.74) is 1.28. The van der Waals surface area contributed by atoms with Crippen LogP contribution in [0.15, 0.2) is 86.6 Å². The molecule has 8 heteroatoms. The maximum atomic E-state index is 12.8. The van der Waals surface area contributed by atoms with E-state index < -0.39 is 15.9 Å². The molecule has 3 aromatic rings. The molecule has 5 nitrogen and oxygen atoms in total. The van der Waals surface area contributed by atoms with E-state index >= 15 is 0 Å². The molecule has 0 aliphatic rings. The van der Waals surface area contributed by atoms with Crippen molar-refractivity contribution in [3.8, 4) is 0 Å². The van der Waals surface area contributed by atoms with E-state index in [4.69, 9.17) is 0 Å². The van der Waals surface area contributed by atoms with Gasteiger partial charge in [0.25, 0.3) is 15.9 Å². The third-order valence-electron chi connectivity index (χ3n) is 3.61. The van der Waals surface area contributed by atoms with E-state index in [-0.39, 0.29) is 10.5 Å². The second kappa shape index (κ2) is 8.24. The molecule has 3 rings (SSSR count). The van der Waals surface area contributed by atoms with E-state index in [9.17, 15) is 13.2 Å². The molecule has 0 saturated heterocycles. The van der Waals surface area contributed by atoms with Gasteiger partial charge < -0.3 is 5.32 Å². The van der Waals surface area contributed by atoms with Gasteiger partial charge in [0, 0.05) is 25.9 Å². The third kappa shape index (κ3) is 4.97. The molecule has 0 bridgehead atoms. The van der Waals surface area contributed by atoms with Crippen LogP contribution in [0.25, 0.3) is 0 Å². The molecule has 0 atom stereocenters. The molecule has 27 heavy (non-hydrogen) atoms. The summed E-state index contributed by atoms with van der Waals surface area (Å²) in [6.07, 6.45) is 0. The zero-order valence-corrected chi connectivity index (χ0v) is 17.8. The van der Waals surface area contributed by atoms with Gasteiger partial charge in [-0.2, -0.15) is 0 Å². The van der Waals surface area contributed by atoms with Crippen LogP contribution in [-0.2, 0) is 10.0 Å². The fraction of sp³-hybridized carbons (Fsp3) is 0. The molecular weight excluding hydrogens is 496 g/mol. The Morgan fingerprint density at radius 1 is 0.815 bits per heavy atom. The average molecular weight is 510 g/mol. The number of amides is 1. The molecule has 3 aromatic carbocycles. The average Bonchev–Trinajstić information content (AvgIpc) is 2.64. The minimum Gasteiger partial charge on any atom is -0.322 e. The van der Waals surface area contributed by atoms with Gasteiger partial charge in [-0.05, 0) is 70.5 Å². The van der Waals surface area contributed by atoms with Crippen molar-refractivity contribution in [2.75, 3.05) is 10.0 Å². The van der Waals surface area contributed by atoms with E-state index in [0.29, 0.717) is 15.8 Å². The van der Waals surface area contributed by atoms with Gasteiger partial charge in [0.1, 0.15) is 4.90 Å². The van der Waals surface area contributed by atoms with Crippen LogP contribution in [0.5, 0.6) is 0 Å². The van der Waals surface area contributed by atoms with E-state index in [1.54, 1.807) is 54.6 Å². The lowest BCUT2D eigenvalue weighted by molar-refractivity contribution is 0.102. The van der Waals surface area contributed by atoms with Crippen molar-refractivity contribution < 1.29 is 13.2 Å². The Hall–Kier alpha value is -2.16. The lowest BCUT2D eigenvalue weighted by Gasteiger charge is -2.12. The Labute approximate surface area is 174 Å². The minimum absolute atomic E-state index is 0.0221. The number of para-hydroxylation sites is 1. The van der Waals surface area contributed by atoms with Gasteiger partial charge in [-0.25, -0.2) is 8.42 Å². The summed E-state index contributed by atoms with van der Waals surface area (Å²) in [6, 6.07) is 20.1. The Bertz CT molecular complexity index is 1070. The highest BCUT2D eigenvalue weighted by molar-refractivity contribution is 9.10. The fourth-order valence-corrected chi connectivity index (χ4v) is 4.62. The predicted octanol–water partition coefficient (Wildman–Crippen LogP) is 5.26. The van der Waals surface area contributed by atoms with Gasteiger partial charge in [-0.15, -0.1) is 0 Å². The second-order valence-corrected chi connectivity index (χ2v) is 9.00. The molecule has 2 N–H and O–H groups in total. The summed E-state index contributed by atoms with van der Waals surface area (Å²) < 4.78 is 29.2. The molecule has 0 spiro atoms. The van der Waals surface area contributed by atoms with Crippen LogP contribution in [0.3, 0.4) is 0 Å². The number of hydrogen-bond donors (Lipinski definition) is 2. The molecule has 0 radical (unpaired) electrons. The highest BCUT2D eigenvalue weighted by Gasteiger charge is 2.20. The first kappa shape index (κ1) is 19.6. The highest BCUT2D eigenvalue weighted by atomic mass is 79.9. The van der Waals surface area contributed by atoms with Crippen LogP contribution in [0.1, 0.15) is 10.4 Å². The molecule has 0 aromatic heterocycles. The summed E-state index contributed by atoms with van der Waals surface area (Å²) in [7, 11) is -3.88. The van der Waals surface area contributed by atoms with Crippen molar-refractivity contribution in [2.24, 2.45) is 0 Å². The smallest absolute Gasteiger partial charge is 0.263 e. The molecule has 0 aliphatic carbocycles. The molecule has 0 fully saturated rings. The van der Waals surface area contributed by atoms with Gasteiger partial charge in [0.2, 0.25) is 0 Å². The van der Waals surface area contributed by atoms with Crippen LogP contribution in [0.2, 0.25) is 0 Å².